The maximum atomic E-state index is 12.2. The first-order valence-corrected chi connectivity index (χ1v) is 7.57. The topological polar surface area (TPSA) is 68.5 Å². The number of nitrogens with one attached hydrogen (secondary N) is 1. The van der Waals surface area contributed by atoms with Crippen LogP contribution < -0.4 is 10.1 Å². The molecule has 0 spiro atoms. The summed E-state index contributed by atoms with van der Waals surface area (Å²) in [6.07, 6.45) is 2.82. The Morgan fingerprint density at radius 1 is 1.17 bits per heavy atom. The first kappa shape index (κ1) is 15.0. The highest BCUT2D eigenvalue weighted by Gasteiger charge is 2.09. The summed E-state index contributed by atoms with van der Waals surface area (Å²) in [5.41, 5.74) is 1.34. The van der Waals surface area contributed by atoms with Crippen molar-refractivity contribution in [2.45, 2.75) is 19.9 Å². The molecule has 0 fully saturated rings. The number of fused-ring (bicyclic) bond motifs is 1. The van der Waals surface area contributed by atoms with Crippen LogP contribution in [0.5, 0.6) is 5.75 Å². The lowest BCUT2D eigenvalue weighted by Gasteiger charge is -2.07. The number of hydrogen-bond donors (Lipinski definition) is 1. The maximum Gasteiger partial charge on any atom is 0.251 e. The Morgan fingerprint density at radius 3 is 2.78 bits per heavy atom. The molecular weight excluding hydrogens is 292 g/mol. The third-order valence-electron chi connectivity index (χ3n) is 3.38. The van der Waals surface area contributed by atoms with E-state index in [1.165, 1.54) is 0 Å². The van der Waals surface area contributed by atoms with Crippen LogP contribution in [0.3, 0.4) is 0 Å². The summed E-state index contributed by atoms with van der Waals surface area (Å²) in [4.78, 5) is 12.2. The van der Waals surface area contributed by atoms with Crippen molar-refractivity contribution in [1.29, 1.82) is 0 Å². The molecule has 2 aromatic heterocycles. The number of aromatic nitrogens is 3. The van der Waals surface area contributed by atoms with Crippen LogP contribution in [0.15, 0.2) is 48.7 Å². The van der Waals surface area contributed by atoms with E-state index in [1.54, 1.807) is 24.3 Å². The Hall–Kier alpha value is -2.89. The molecule has 0 radical (unpaired) electrons. The van der Waals surface area contributed by atoms with Gasteiger partial charge in [-0.2, -0.15) is 0 Å². The first-order valence-electron chi connectivity index (χ1n) is 7.57. The summed E-state index contributed by atoms with van der Waals surface area (Å²) in [5.74, 6) is 1.31. The van der Waals surface area contributed by atoms with E-state index >= 15 is 0 Å². The maximum absolute atomic E-state index is 12.2. The van der Waals surface area contributed by atoms with E-state index in [1.807, 2.05) is 28.8 Å². The van der Waals surface area contributed by atoms with Gasteiger partial charge in [0.25, 0.3) is 5.91 Å². The number of nitrogens with zero attached hydrogens (tertiary/aromatic N) is 3. The predicted octanol–water partition coefficient (Wildman–Crippen LogP) is 2.45. The molecule has 0 saturated heterocycles. The van der Waals surface area contributed by atoms with E-state index < -0.39 is 0 Å². The molecule has 0 bridgehead atoms. The van der Waals surface area contributed by atoms with Crippen LogP contribution in [-0.2, 0) is 6.54 Å². The SMILES string of the molecule is CCCOc1ccc(C(=O)NCc2nnc3ccccn23)cc1. The van der Waals surface area contributed by atoms with Gasteiger partial charge in [-0.15, -0.1) is 10.2 Å². The van der Waals surface area contributed by atoms with Crippen molar-refractivity contribution in [3.63, 3.8) is 0 Å². The molecule has 1 aromatic carbocycles. The lowest BCUT2D eigenvalue weighted by atomic mass is 10.2. The fraction of sp³-hybridized carbons (Fsp3) is 0.235. The Bertz CT molecular complexity index is 796. The number of benzene rings is 1. The van der Waals surface area contributed by atoms with Crippen molar-refractivity contribution in [2.75, 3.05) is 6.61 Å². The van der Waals surface area contributed by atoms with Crippen molar-refractivity contribution >= 4 is 11.6 Å². The summed E-state index contributed by atoms with van der Waals surface area (Å²) >= 11 is 0. The number of ether oxygens (including phenoxy) is 1. The van der Waals surface area contributed by atoms with Crippen molar-refractivity contribution in [2.24, 2.45) is 0 Å². The van der Waals surface area contributed by atoms with Crippen LogP contribution >= 0.6 is 0 Å². The normalized spacial score (nSPS) is 10.7. The molecule has 6 heteroatoms. The lowest BCUT2D eigenvalue weighted by Crippen LogP contribution is -2.23. The standard InChI is InChI=1S/C17H18N4O2/c1-2-11-23-14-8-6-13(7-9-14)17(22)18-12-16-20-19-15-5-3-4-10-21(15)16/h3-10H,2,11-12H2,1H3,(H,18,22). The third kappa shape index (κ3) is 3.48. The van der Waals surface area contributed by atoms with Crippen molar-refractivity contribution in [3.05, 3.63) is 60.0 Å². The summed E-state index contributed by atoms with van der Waals surface area (Å²) in [5, 5.41) is 11.0. The summed E-state index contributed by atoms with van der Waals surface area (Å²) < 4.78 is 7.35. The van der Waals surface area contributed by atoms with Gasteiger partial charge >= 0.3 is 0 Å². The molecule has 2 heterocycles. The molecule has 1 N–H and O–H groups in total. The van der Waals surface area contributed by atoms with Crippen LogP contribution in [0, 0.1) is 0 Å². The van der Waals surface area contributed by atoms with Gasteiger partial charge in [0, 0.05) is 11.8 Å². The smallest absolute Gasteiger partial charge is 0.251 e. The van der Waals surface area contributed by atoms with E-state index in [0.717, 1.165) is 17.8 Å². The van der Waals surface area contributed by atoms with Gasteiger partial charge in [-0.05, 0) is 42.8 Å². The molecule has 0 aliphatic rings. The van der Waals surface area contributed by atoms with Crippen LogP contribution in [0.1, 0.15) is 29.5 Å². The number of rotatable bonds is 6. The number of hydrogen-bond acceptors (Lipinski definition) is 4. The van der Waals surface area contributed by atoms with Crippen molar-refractivity contribution in [1.82, 2.24) is 19.9 Å². The number of carbonyl (C=O) groups is 1. The Balaban J connectivity index is 1.63. The molecule has 0 saturated carbocycles. The van der Waals surface area contributed by atoms with E-state index in [4.69, 9.17) is 4.74 Å². The number of carbonyl (C=O) groups excluding carboxylic acids is 1. The minimum atomic E-state index is -0.153. The van der Waals surface area contributed by atoms with Gasteiger partial charge in [0.2, 0.25) is 0 Å². The quantitative estimate of drug-likeness (QED) is 0.759. The van der Waals surface area contributed by atoms with Gasteiger partial charge in [-0.3, -0.25) is 9.20 Å². The zero-order valence-corrected chi connectivity index (χ0v) is 12.9. The molecular formula is C17H18N4O2. The van der Waals surface area contributed by atoms with Gasteiger partial charge in [-0.25, -0.2) is 0 Å². The van der Waals surface area contributed by atoms with Gasteiger partial charge in [0.1, 0.15) is 5.75 Å². The average molecular weight is 310 g/mol. The number of pyridine rings is 1. The van der Waals surface area contributed by atoms with Gasteiger partial charge < -0.3 is 10.1 Å². The van der Waals surface area contributed by atoms with Gasteiger partial charge in [0.05, 0.1) is 13.2 Å². The van der Waals surface area contributed by atoms with Crippen LogP contribution in [-0.4, -0.2) is 27.1 Å². The highest BCUT2D eigenvalue weighted by Crippen LogP contribution is 2.12. The van der Waals surface area contributed by atoms with E-state index in [0.29, 0.717) is 24.5 Å². The highest BCUT2D eigenvalue weighted by atomic mass is 16.5. The molecule has 118 valence electrons. The summed E-state index contributed by atoms with van der Waals surface area (Å²) in [6, 6.07) is 12.8. The minimum absolute atomic E-state index is 0.153. The molecule has 0 aliphatic carbocycles. The zero-order valence-electron chi connectivity index (χ0n) is 12.9. The van der Waals surface area contributed by atoms with Crippen molar-refractivity contribution in [3.8, 4) is 5.75 Å². The first-order chi connectivity index (χ1) is 11.3. The van der Waals surface area contributed by atoms with E-state index in [-0.39, 0.29) is 5.91 Å². The van der Waals surface area contributed by atoms with Crippen LogP contribution in [0.2, 0.25) is 0 Å². The Labute approximate surface area is 134 Å². The molecule has 6 nitrogen and oxygen atoms in total. The second-order valence-electron chi connectivity index (χ2n) is 5.10. The molecule has 0 atom stereocenters. The molecule has 0 aliphatic heterocycles. The fourth-order valence-electron chi connectivity index (χ4n) is 2.20. The average Bonchev–Trinajstić information content (AvgIpc) is 3.01. The summed E-state index contributed by atoms with van der Waals surface area (Å²) in [6.45, 7) is 3.04. The second kappa shape index (κ2) is 6.91. The molecule has 3 rings (SSSR count). The molecule has 1 amide bonds. The lowest BCUT2D eigenvalue weighted by molar-refractivity contribution is 0.0949. The fourth-order valence-corrected chi connectivity index (χ4v) is 2.20. The van der Waals surface area contributed by atoms with Gasteiger partial charge in [0.15, 0.2) is 11.5 Å². The monoisotopic (exact) mass is 310 g/mol. The van der Waals surface area contributed by atoms with Crippen LogP contribution in [0.4, 0.5) is 0 Å². The highest BCUT2D eigenvalue weighted by molar-refractivity contribution is 5.94. The Kier molecular flexibility index (Phi) is 4.52. The molecule has 0 unspecified atom stereocenters. The van der Waals surface area contributed by atoms with E-state index in [2.05, 4.69) is 22.4 Å². The Morgan fingerprint density at radius 2 is 2.00 bits per heavy atom. The number of amides is 1. The van der Waals surface area contributed by atoms with Crippen molar-refractivity contribution < 1.29 is 9.53 Å². The van der Waals surface area contributed by atoms with E-state index in [9.17, 15) is 4.79 Å². The largest absolute Gasteiger partial charge is 0.494 e. The van der Waals surface area contributed by atoms with Crippen LogP contribution in [0.25, 0.3) is 5.65 Å². The molecule has 3 aromatic rings. The second-order valence-corrected chi connectivity index (χ2v) is 5.10. The summed E-state index contributed by atoms with van der Waals surface area (Å²) in [7, 11) is 0. The van der Waals surface area contributed by atoms with Gasteiger partial charge in [-0.1, -0.05) is 13.0 Å². The minimum Gasteiger partial charge on any atom is -0.494 e. The zero-order chi connectivity index (χ0) is 16.1. The third-order valence-corrected chi connectivity index (χ3v) is 3.38. The predicted molar refractivity (Wildman–Crippen MR) is 86.4 cm³/mol. The molecule has 23 heavy (non-hydrogen) atoms.